The number of hydrogen-bond acceptors (Lipinski definition) is 4. The number of aromatic nitrogens is 1. The van der Waals surface area contributed by atoms with Gasteiger partial charge in [0.05, 0.1) is 10.7 Å². The van der Waals surface area contributed by atoms with Crippen LogP contribution < -0.4 is 5.32 Å². The van der Waals surface area contributed by atoms with Crippen molar-refractivity contribution in [1.82, 2.24) is 10.3 Å². The molecule has 0 unspecified atom stereocenters. The van der Waals surface area contributed by atoms with Crippen molar-refractivity contribution in [3.63, 3.8) is 0 Å². The molecule has 2 aliphatic rings. The highest BCUT2D eigenvalue weighted by atomic mass is 32.1. The highest BCUT2D eigenvalue weighted by molar-refractivity contribution is 7.12. The van der Waals surface area contributed by atoms with Crippen molar-refractivity contribution in [3.8, 4) is 0 Å². The fourth-order valence-corrected chi connectivity index (χ4v) is 3.34. The highest BCUT2D eigenvalue weighted by Gasteiger charge is 2.24. The molecule has 3 rings (SSSR count). The maximum Gasteiger partial charge on any atom is 0.223 e. The van der Waals surface area contributed by atoms with Gasteiger partial charge in [-0.05, 0) is 25.0 Å². The Kier molecular flexibility index (Phi) is 3.46. The molecule has 1 amide bonds. The first-order valence-electron chi connectivity index (χ1n) is 6.69. The summed E-state index contributed by atoms with van der Waals surface area (Å²) in [5.74, 6) is 0.564. The first kappa shape index (κ1) is 12.5. The van der Waals surface area contributed by atoms with E-state index < -0.39 is 0 Å². The largest absolute Gasteiger partial charge is 0.355 e. The van der Waals surface area contributed by atoms with E-state index >= 15 is 0 Å². The summed E-state index contributed by atoms with van der Waals surface area (Å²) in [7, 11) is 0. The van der Waals surface area contributed by atoms with Gasteiger partial charge >= 0.3 is 0 Å². The first-order chi connectivity index (χ1) is 9.22. The van der Waals surface area contributed by atoms with E-state index in [1.165, 1.54) is 6.42 Å². The van der Waals surface area contributed by atoms with Crippen LogP contribution >= 0.6 is 11.3 Å². The maximum atomic E-state index is 11.7. The van der Waals surface area contributed by atoms with Crippen LogP contribution in [0.25, 0.3) is 6.08 Å². The summed E-state index contributed by atoms with van der Waals surface area (Å²) in [6.45, 7) is 0.638. The molecule has 5 heteroatoms. The molecule has 1 N–H and O–H groups in total. The Morgan fingerprint density at radius 3 is 3.00 bits per heavy atom. The quantitative estimate of drug-likeness (QED) is 0.911. The fourth-order valence-electron chi connectivity index (χ4n) is 2.27. The number of fused-ring (bicyclic) bond motifs is 1. The van der Waals surface area contributed by atoms with E-state index in [9.17, 15) is 9.59 Å². The van der Waals surface area contributed by atoms with Crippen LogP contribution in [0, 0.1) is 5.92 Å². The molecule has 0 bridgehead atoms. The summed E-state index contributed by atoms with van der Waals surface area (Å²) in [4.78, 5) is 28.5. The molecule has 19 heavy (non-hydrogen) atoms. The Balaban J connectivity index is 1.52. The molecule has 0 aliphatic heterocycles. The number of allylic oxidation sites excluding steroid dienone is 1. The number of ketones is 1. The summed E-state index contributed by atoms with van der Waals surface area (Å²) < 4.78 is 0. The lowest BCUT2D eigenvalue weighted by Crippen LogP contribution is -2.35. The molecule has 1 heterocycles. The van der Waals surface area contributed by atoms with Crippen LogP contribution in [0.5, 0.6) is 0 Å². The summed E-state index contributed by atoms with van der Waals surface area (Å²) in [6.07, 6.45) is 7.83. The molecule has 0 aromatic carbocycles. The highest BCUT2D eigenvalue weighted by Crippen LogP contribution is 2.26. The van der Waals surface area contributed by atoms with Crippen molar-refractivity contribution in [3.05, 3.63) is 21.7 Å². The average Bonchev–Trinajstić information content (AvgIpc) is 2.68. The van der Waals surface area contributed by atoms with E-state index in [4.69, 9.17) is 0 Å². The number of hydrogen-bond donors (Lipinski definition) is 1. The Labute approximate surface area is 115 Å². The third kappa shape index (κ3) is 2.76. The molecule has 1 fully saturated rings. The Bertz CT molecular complexity index is 544. The van der Waals surface area contributed by atoms with Crippen molar-refractivity contribution in [2.45, 2.75) is 32.1 Å². The van der Waals surface area contributed by atoms with Gasteiger partial charge in [-0.25, -0.2) is 4.98 Å². The lowest BCUT2D eigenvalue weighted by atomic mass is 9.85. The van der Waals surface area contributed by atoms with E-state index in [1.807, 2.05) is 0 Å². The topological polar surface area (TPSA) is 59.1 Å². The van der Waals surface area contributed by atoms with E-state index in [0.717, 1.165) is 34.8 Å². The van der Waals surface area contributed by atoms with Crippen LogP contribution in [0.4, 0.5) is 0 Å². The summed E-state index contributed by atoms with van der Waals surface area (Å²) >= 11 is 1.58. The zero-order valence-corrected chi connectivity index (χ0v) is 11.5. The van der Waals surface area contributed by atoms with Crippen molar-refractivity contribution in [2.75, 3.05) is 6.54 Å². The third-order valence-corrected chi connectivity index (χ3v) is 4.78. The minimum Gasteiger partial charge on any atom is -0.355 e. The minimum absolute atomic E-state index is 0.140. The van der Waals surface area contributed by atoms with Gasteiger partial charge in [-0.3, -0.25) is 9.59 Å². The van der Waals surface area contributed by atoms with Crippen LogP contribution in [-0.2, 0) is 22.4 Å². The summed E-state index contributed by atoms with van der Waals surface area (Å²) in [5.41, 5.74) is 0.921. The summed E-state index contributed by atoms with van der Waals surface area (Å²) in [5, 5.41) is 3.96. The Morgan fingerprint density at radius 1 is 1.42 bits per heavy atom. The van der Waals surface area contributed by atoms with E-state index in [-0.39, 0.29) is 17.6 Å². The molecule has 1 aromatic rings. The minimum atomic E-state index is 0.140. The van der Waals surface area contributed by atoms with Gasteiger partial charge in [0.2, 0.25) is 5.91 Å². The first-order valence-corrected chi connectivity index (χ1v) is 7.51. The van der Waals surface area contributed by atoms with Crippen LogP contribution in [0.2, 0.25) is 0 Å². The normalized spacial score (nSPS) is 18.0. The Hall–Kier alpha value is -1.49. The van der Waals surface area contributed by atoms with Gasteiger partial charge in [0, 0.05) is 30.2 Å². The maximum absolute atomic E-state index is 11.7. The number of carbonyl (C=O) groups is 2. The van der Waals surface area contributed by atoms with Crippen molar-refractivity contribution in [1.29, 1.82) is 0 Å². The van der Waals surface area contributed by atoms with Gasteiger partial charge in [-0.2, -0.15) is 0 Å². The number of nitrogens with one attached hydrogen (secondary N) is 1. The monoisotopic (exact) mass is 276 g/mol. The number of thiazole rings is 1. The number of carbonyl (C=O) groups excluding carboxylic acids is 2. The molecule has 4 nitrogen and oxygen atoms in total. The van der Waals surface area contributed by atoms with Crippen LogP contribution in [-0.4, -0.2) is 23.2 Å². The number of rotatable bonds is 4. The molecule has 1 aromatic heterocycles. The van der Waals surface area contributed by atoms with Gasteiger partial charge < -0.3 is 5.32 Å². The van der Waals surface area contributed by atoms with Crippen molar-refractivity contribution >= 4 is 29.1 Å². The van der Waals surface area contributed by atoms with Crippen molar-refractivity contribution < 1.29 is 9.59 Å². The third-order valence-electron chi connectivity index (χ3n) is 3.65. The second-order valence-electron chi connectivity index (χ2n) is 5.06. The zero-order chi connectivity index (χ0) is 13.2. The fraction of sp³-hybridized carbons (Fsp3) is 0.500. The second kappa shape index (κ2) is 5.25. The lowest BCUT2D eigenvalue weighted by Gasteiger charge is -2.23. The standard InChI is InChI=1S/C14H16N2O2S/c17-10-4-5-11-12(8-10)19-13(16-11)6-7-15-14(18)9-2-1-3-9/h4-5,9H,1-3,6-8H2,(H,15,18). The van der Waals surface area contributed by atoms with Gasteiger partial charge in [0.15, 0.2) is 5.78 Å². The van der Waals surface area contributed by atoms with E-state index in [2.05, 4.69) is 10.3 Å². The molecule has 0 atom stereocenters. The molecular formula is C14H16N2O2S. The van der Waals surface area contributed by atoms with Gasteiger partial charge in [0.25, 0.3) is 0 Å². The molecule has 2 aliphatic carbocycles. The van der Waals surface area contributed by atoms with Gasteiger partial charge in [0.1, 0.15) is 0 Å². The molecule has 0 radical (unpaired) electrons. The van der Waals surface area contributed by atoms with Crippen molar-refractivity contribution in [2.24, 2.45) is 5.92 Å². The smallest absolute Gasteiger partial charge is 0.223 e. The van der Waals surface area contributed by atoms with E-state index in [1.54, 1.807) is 23.5 Å². The summed E-state index contributed by atoms with van der Waals surface area (Å²) in [6, 6.07) is 0. The molecule has 0 spiro atoms. The van der Waals surface area contributed by atoms with Gasteiger partial charge in [-0.1, -0.05) is 6.42 Å². The molecule has 100 valence electrons. The second-order valence-corrected chi connectivity index (χ2v) is 6.23. The molecular weight excluding hydrogens is 260 g/mol. The SMILES string of the molecule is O=C1C=Cc2nc(CCNC(=O)C3CCC3)sc2C1. The predicted octanol–water partition coefficient (Wildman–Crippen LogP) is 1.74. The number of amides is 1. The lowest BCUT2D eigenvalue weighted by molar-refractivity contribution is -0.127. The van der Waals surface area contributed by atoms with Crippen LogP contribution in [0.15, 0.2) is 6.08 Å². The van der Waals surface area contributed by atoms with Crippen LogP contribution in [0.3, 0.4) is 0 Å². The number of nitrogens with zero attached hydrogens (tertiary/aromatic N) is 1. The van der Waals surface area contributed by atoms with Gasteiger partial charge in [-0.15, -0.1) is 11.3 Å². The van der Waals surface area contributed by atoms with E-state index in [0.29, 0.717) is 13.0 Å². The zero-order valence-electron chi connectivity index (χ0n) is 10.6. The van der Waals surface area contributed by atoms with Crippen LogP contribution in [0.1, 0.15) is 34.8 Å². The average molecular weight is 276 g/mol. The molecule has 0 saturated heterocycles. The Morgan fingerprint density at radius 2 is 2.26 bits per heavy atom. The predicted molar refractivity (Wildman–Crippen MR) is 73.9 cm³/mol. The molecule has 1 saturated carbocycles.